The molecule has 8 nitrogen and oxygen atoms in total. The molecule has 0 radical (unpaired) electrons. The number of aromatic nitrogens is 4. The topological polar surface area (TPSA) is 93.8 Å². The van der Waals surface area contributed by atoms with Crippen LogP contribution in [0, 0.1) is 12.8 Å². The second kappa shape index (κ2) is 7.96. The number of nitrogens with zero attached hydrogens (tertiary/aromatic N) is 4. The first-order valence-corrected chi connectivity index (χ1v) is 8.59. The number of nitrogens with one attached hydrogen (secondary N) is 2. The zero-order valence-corrected chi connectivity index (χ0v) is 15.5. The van der Waals surface area contributed by atoms with Crippen molar-refractivity contribution in [2.45, 2.75) is 47.1 Å². The smallest absolute Gasteiger partial charge is 0.276 e. The summed E-state index contributed by atoms with van der Waals surface area (Å²) in [7, 11) is 1.81. The van der Waals surface area contributed by atoms with Gasteiger partial charge in [-0.05, 0) is 26.7 Å². The van der Waals surface area contributed by atoms with Crippen LogP contribution in [0.3, 0.4) is 0 Å². The summed E-state index contributed by atoms with van der Waals surface area (Å²) in [5.74, 6) is -0.496. The number of rotatable bonds is 7. The van der Waals surface area contributed by atoms with Gasteiger partial charge in [0.1, 0.15) is 5.69 Å². The third-order valence-electron chi connectivity index (χ3n) is 4.45. The van der Waals surface area contributed by atoms with Gasteiger partial charge in [0.2, 0.25) is 5.91 Å². The molecule has 0 spiro atoms. The Bertz CT molecular complexity index is 757. The summed E-state index contributed by atoms with van der Waals surface area (Å²) in [5.41, 5.74) is 2.25. The van der Waals surface area contributed by atoms with Gasteiger partial charge in [0.25, 0.3) is 5.91 Å². The van der Waals surface area contributed by atoms with Crippen molar-refractivity contribution in [2.75, 3.05) is 10.6 Å². The molecule has 0 aliphatic heterocycles. The predicted octanol–water partition coefficient (Wildman–Crippen LogP) is 2.57. The summed E-state index contributed by atoms with van der Waals surface area (Å²) in [4.78, 5) is 25.1. The van der Waals surface area contributed by atoms with Crippen LogP contribution in [0.15, 0.2) is 12.4 Å². The fourth-order valence-electron chi connectivity index (χ4n) is 2.65. The largest absolute Gasteiger partial charge is 0.323 e. The van der Waals surface area contributed by atoms with Gasteiger partial charge in [0, 0.05) is 19.5 Å². The molecule has 2 rings (SSSR count). The number of hydrogen-bond donors (Lipinski definition) is 2. The maximum atomic E-state index is 12.8. The van der Waals surface area contributed by atoms with Crippen LogP contribution in [-0.4, -0.2) is 31.4 Å². The van der Waals surface area contributed by atoms with Crippen molar-refractivity contribution in [3.8, 4) is 0 Å². The summed E-state index contributed by atoms with van der Waals surface area (Å²) in [6.07, 6.45) is 4.62. The van der Waals surface area contributed by atoms with E-state index < -0.39 is 0 Å². The molecule has 2 aromatic heterocycles. The Labute approximate surface area is 147 Å². The number of aryl methyl sites for hydroxylation is 2. The van der Waals surface area contributed by atoms with Crippen LogP contribution in [0.25, 0.3) is 0 Å². The molecule has 0 atom stereocenters. The Morgan fingerprint density at radius 3 is 2.24 bits per heavy atom. The molecule has 0 saturated carbocycles. The van der Waals surface area contributed by atoms with Gasteiger partial charge < -0.3 is 10.6 Å². The number of carbonyl (C=O) groups excluding carboxylic acids is 2. The first kappa shape index (κ1) is 18.7. The second-order valence-corrected chi connectivity index (χ2v) is 5.95. The zero-order valence-electron chi connectivity index (χ0n) is 15.5. The van der Waals surface area contributed by atoms with Crippen molar-refractivity contribution in [3.63, 3.8) is 0 Å². The van der Waals surface area contributed by atoms with Crippen LogP contribution in [-0.2, 0) is 18.4 Å². The lowest BCUT2D eigenvalue weighted by atomic mass is 10.0. The van der Waals surface area contributed by atoms with E-state index in [1.165, 1.54) is 6.20 Å². The molecule has 2 heterocycles. The second-order valence-electron chi connectivity index (χ2n) is 5.95. The summed E-state index contributed by atoms with van der Waals surface area (Å²) in [6, 6.07) is 0. The highest BCUT2D eigenvalue weighted by Gasteiger charge is 2.23. The Hall–Kier alpha value is -2.64. The normalized spacial score (nSPS) is 11.0. The van der Waals surface area contributed by atoms with Gasteiger partial charge in [0.15, 0.2) is 0 Å². The van der Waals surface area contributed by atoms with Crippen LogP contribution in [0.4, 0.5) is 11.4 Å². The Balaban J connectivity index is 2.27. The van der Waals surface area contributed by atoms with Crippen LogP contribution in [0.5, 0.6) is 0 Å². The molecule has 0 unspecified atom stereocenters. The zero-order chi connectivity index (χ0) is 18.6. The Kier molecular flexibility index (Phi) is 5.95. The maximum Gasteiger partial charge on any atom is 0.276 e. The third kappa shape index (κ3) is 3.89. The van der Waals surface area contributed by atoms with Gasteiger partial charge in [-0.25, -0.2) is 0 Å². The summed E-state index contributed by atoms with van der Waals surface area (Å²) in [5, 5.41) is 14.0. The van der Waals surface area contributed by atoms with Gasteiger partial charge in [-0.15, -0.1) is 0 Å². The molecular weight excluding hydrogens is 320 g/mol. The predicted molar refractivity (Wildman–Crippen MR) is 96.5 cm³/mol. The first-order chi connectivity index (χ1) is 11.9. The van der Waals surface area contributed by atoms with Crippen LogP contribution < -0.4 is 10.6 Å². The van der Waals surface area contributed by atoms with E-state index in [0.29, 0.717) is 23.6 Å². The van der Waals surface area contributed by atoms with Gasteiger partial charge >= 0.3 is 0 Å². The number of hydrogen-bond acceptors (Lipinski definition) is 4. The highest BCUT2D eigenvalue weighted by Crippen LogP contribution is 2.21. The molecule has 0 fully saturated rings. The number of anilines is 2. The lowest BCUT2D eigenvalue weighted by Crippen LogP contribution is -2.24. The molecule has 2 N–H and O–H groups in total. The van der Waals surface area contributed by atoms with E-state index in [1.807, 2.05) is 34.7 Å². The average molecular weight is 346 g/mol. The van der Waals surface area contributed by atoms with E-state index >= 15 is 0 Å². The standard InChI is InChI=1S/C17H26N6O2/c1-6-12(7-2)16(24)21-14-10-19-23(8-3)15(14)17(25)20-13-9-18-22(5)11(13)4/h9-10,12H,6-8H2,1-5H3,(H,20,25)(H,21,24). The lowest BCUT2D eigenvalue weighted by Gasteiger charge is -2.13. The minimum Gasteiger partial charge on any atom is -0.323 e. The van der Waals surface area contributed by atoms with Crippen LogP contribution >= 0.6 is 0 Å². The van der Waals surface area contributed by atoms with E-state index in [9.17, 15) is 9.59 Å². The van der Waals surface area contributed by atoms with Crippen molar-refractivity contribution in [1.82, 2.24) is 19.6 Å². The summed E-state index contributed by atoms with van der Waals surface area (Å²) < 4.78 is 3.26. The van der Waals surface area contributed by atoms with Crippen molar-refractivity contribution < 1.29 is 9.59 Å². The fourth-order valence-corrected chi connectivity index (χ4v) is 2.65. The third-order valence-corrected chi connectivity index (χ3v) is 4.45. The Morgan fingerprint density at radius 1 is 1.08 bits per heavy atom. The minimum absolute atomic E-state index is 0.0820. The summed E-state index contributed by atoms with van der Waals surface area (Å²) in [6.45, 7) is 8.24. The van der Waals surface area contributed by atoms with Crippen LogP contribution in [0.2, 0.25) is 0 Å². The highest BCUT2D eigenvalue weighted by molar-refractivity contribution is 6.09. The van der Waals surface area contributed by atoms with Gasteiger partial charge in [0.05, 0.1) is 29.5 Å². The van der Waals surface area contributed by atoms with Gasteiger partial charge in [-0.3, -0.25) is 19.0 Å². The Morgan fingerprint density at radius 2 is 1.72 bits per heavy atom. The molecule has 0 saturated heterocycles. The molecule has 0 aliphatic rings. The maximum absolute atomic E-state index is 12.8. The van der Waals surface area contributed by atoms with Crippen molar-refractivity contribution in [3.05, 3.63) is 23.8 Å². The van der Waals surface area contributed by atoms with Gasteiger partial charge in [-0.2, -0.15) is 10.2 Å². The first-order valence-electron chi connectivity index (χ1n) is 8.59. The highest BCUT2D eigenvalue weighted by atomic mass is 16.2. The fraction of sp³-hybridized carbons (Fsp3) is 0.529. The quantitative estimate of drug-likeness (QED) is 0.806. The van der Waals surface area contributed by atoms with Crippen molar-refractivity contribution >= 4 is 23.2 Å². The number of carbonyl (C=O) groups is 2. The molecule has 25 heavy (non-hydrogen) atoms. The van der Waals surface area contributed by atoms with Crippen molar-refractivity contribution in [2.24, 2.45) is 13.0 Å². The molecule has 0 aliphatic carbocycles. The molecule has 0 aromatic carbocycles. The summed E-state index contributed by atoms with van der Waals surface area (Å²) >= 11 is 0. The SMILES string of the molecule is CCC(CC)C(=O)Nc1cnn(CC)c1C(=O)Nc1cnn(C)c1C. The van der Waals surface area contributed by atoms with E-state index in [-0.39, 0.29) is 17.7 Å². The molecular formula is C17H26N6O2. The number of amides is 2. The van der Waals surface area contributed by atoms with E-state index in [2.05, 4.69) is 20.8 Å². The monoisotopic (exact) mass is 346 g/mol. The molecule has 2 aromatic rings. The van der Waals surface area contributed by atoms with E-state index in [1.54, 1.807) is 15.6 Å². The molecule has 136 valence electrons. The molecule has 0 bridgehead atoms. The molecule has 2 amide bonds. The van der Waals surface area contributed by atoms with E-state index in [0.717, 1.165) is 18.5 Å². The van der Waals surface area contributed by atoms with E-state index in [4.69, 9.17) is 0 Å². The van der Waals surface area contributed by atoms with Gasteiger partial charge in [-0.1, -0.05) is 13.8 Å². The lowest BCUT2D eigenvalue weighted by molar-refractivity contribution is -0.120. The van der Waals surface area contributed by atoms with Crippen LogP contribution in [0.1, 0.15) is 49.8 Å². The van der Waals surface area contributed by atoms with Crippen molar-refractivity contribution in [1.29, 1.82) is 0 Å². The average Bonchev–Trinajstić information content (AvgIpc) is 3.14. The molecule has 8 heteroatoms. The minimum atomic E-state index is -0.324.